The van der Waals surface area contributed by atoms with Crippen LogP contribution in [0.15, 0.2) is 64.1 Å². The number of furan rings is 1. The number of carbonyl (C=O) groups excluding carboxylic acids is 1. The Balaban J connectivity index is 1.60. The van der Waals surface area contributed by atoms with Gasteiger partial charge in [-0.1, -0.05) is 17.8 Å². The number of hydrogen-bond acceptors (Lipinski definition) is 5. The van der Waals surface area contributed by atoms with Crippen molar-refractivity contribution in [1.82, 2.24) is 5.32 Å². The normalized spacial score (nSPS) is 19.3. The summed E-state index contributed by atoms with van der Waals surface area (Å²) in [7, 11) is 1.63. The van der Waals surface area contributed by atoms with Gasteiger partial charge >= 0.3 is 0 Å². The quantitative estimate of drug-likeness (QED) is 0.823. The molecule has 6 heteroatoms. The molecule has 1 aliphatic rings. The number of thioether (sulfide) groups is 1. The average molecular weight is 328 g/mol. The average Bonchev–Trinajstić information content (AvgIpc) is 3.19. The summed E-state index contributed by atoms with van der Waals surface area (Å²) in [6, 6.07) is 11.2. The van der Waals surface area contributed by atoms with Crippen LogP contribution in [-0.2, 0) is 4.79 Å². The van der Waals surface area contributed by atoms with E-state index in [2.05, 4.69) is 10.6 Å². The third-order valence-electron chi connectivity index (χ3n) is 3.17. The van der Waals surface area contributed by atoms with Crippen LogP contribution in [0.2, 0.25) is 0 Å². The lowest BCUT2D eigenvalue weighted by molar-refractivity contribution is -0.116. The number of methoxy groups -OCH3 is 1. The first-order valence-electron chi connectivity index (χ1n) is 7.04. The van der Waals surface area contributed by atoms with Crippen molar-refractivity contribution < 1.29 is 13.9 Å². The summed E-state index contributed by atoms with van der Waals surface area (Å²) in [5.41, 5.74) is 0.718. The first kappa shape index (κ1) is 15.3. The van der Waals surface area contributed by atoms with Crippen LogP contribution in [0, 0.1) is 0 Å². The molecule has 5 nitrogen and oxygen atoms in total. The maximum absolute atomic E-state index is 12.0. The van der Waals surface area contributed by atoms with Gasteiger partial charge in [-0.2, -0.15) is 0 Å². The van der Waals surface area contributed by atoms with E-state index >= 15 is 0 Å². The van der Waals surface area contributed by atoms with Gasteiger partial charge in [0.05, 0.1) is 18.3 Å². The summed E-state index contributed by atoms with van der Waals surface area (Å²) in [4.78, 5) is 12.6. The van der Waals surface area contributed by atoms with Crippen LogP contribution in [0.25, 0.3) is 6.08 Å². The SMILES string of the molecule is COc1ccc(N[C@H]2NC(=O)/C(=C\C=C\c3ccco3)S2)cc1. The van der Waals surface area contributed by atoms with Crippen molar-refractivity contribution in [2.24, 2.45) is 0 Å². The fourth-order valence-corrected chi connectivity index (χ4v) is 2.97. The lowest BCUT2D eigenvalue weighted by Gasteiger charge is -2.12. The standard InChI is InChI=1S/C17H16N2O3S/c1-21-13-9-7-12(8-10-13)18-17-19-16(20)15(23-17)6-2-4-14-5-3-11-22-14/h2-11,17-18H,1H3,(H,19,20)/b4-2+,15-6+/t17-/m0/s1. The highest BCUT2D eigenvalue weighted by molar-refractivity contribution is 8.05. The Morgan fingerprint density at radius 1 is 1.30 bits per heavy atom. The van der Waals surface area contributed by atoms with E-state index < -0.39 is 0 Å². The molecule has 23 heavy (non-hydrogen) atoms. The minimum Gasteiger partial charge on any atom is -0.497 e. The molecule has 0 bridgehead atoms. The number of ether oxygens (including phenoxy) is 1. The molecule has 118 valence electrons. The number of rotatable bonds is 5. The zero-order chi connectivity index (χ0) is 16.1. The van der Waals surface area contributed by atoms with Gasteiger partial charge in [-0.05, 0) is 48.6 Å². The summed E-state index contributed by atoms with van der Waals surface area (Å²) in [6.07, 6.45) is 7.00. The zero-order valence-corrected chi connectivity index (χ0v) is 13.3. The predicted molar refractivity (Wildman–Crippen MR) is 92.0 cm³/mol. The molecule has 2 N–H and O–H groups in total. The second-order valence-corrected chi connectivity index (χ2v) is 5.90. The van der Waals surface area contributed by atoms with Gasteiger partial charge in [0.25, 0.3) is 5.91 Å². The molecule has 1 aromatic heterocycles. The number of allylic oxidation sites excluding steroid dienone is 2. The third kappa shape index (κ3) is 3.98. The summed E-state index contributed by atoms with van der Waals surface area (Å²) < 4.78 is 10.3. The number of carbonyl (C=O) groups is 1. The Kier molecular flexibility index (Phi) is 4.73. The molecule has 0 unspecified atom stereocenters. The van der Waals surface area contributed by atoms with Crippen molar-refractivity contribution in [3.63, 3.8) is 0 Å². The molecule has 0 radical (unpaired) electrons. The Hall–Kier alpha value is -2.60. The van der Waals surface area contributed by atoms with Crippen molar-refractivity contribution in [2.75, 3.05) is 12.4 Å². The molecule has 2 aromatic rings. The molecule has 1 amide bonds. The molecule has 0 saturated carbocycles. The molecular formula is C17H16N2O3S. The van der Waals surface area contributed by atoms with Crippen LogP contribution in [0.5, 0.6) is 5.75 Å². The van der Waals surface area contributed by atoms with Gasteiger partial charge < -0.3 is 19.8 Å². The van der Waals surface area contributed by atoms with Gasteiger partial charge in [0, 0.05) is 5.69 Å². The topological polar surface area (TPSA) is 63.5 Å². The van der Waals surface area contributed by atoms with Crippen molar-refractivity contribution in [1.29, 1.82) is 0 Å². The molecule has 3 rings (SSSR count). The van der Waals surface area contributed by atoms with Crippen molar-refractivity contribution >= 4 is 29.4 Å². The van der Waals surface area contributed by atoms with E-state index in [0.29, 0.717) is 4.91 Å². The van der Waals surface area contributed by atoms with E-state index in [1.54, 1.807) is 25.5 Å². The number of anilines is 1. The summed E-state index contributed by atoms with van der Waals surface area (Å²) >= 11 is 1.44. The molecule has 2 heterocycles. The molecule has 1 fully saturated rings. The highest BCUT2D eigenvalue weighted by Crippen LogP contribution is 2.29. The minimum absolute atomic E-state index is 0.0925. The van der Waals surface area contributed by atoms with Crippen molar-refractivity contribution in [3.05, 3.63) is 65.5 Å². The van der Waals surface area contributed by atoms with E-state index in [1.807, 2.05) is 42.5 Å². The first-order chi connectivity index (χ1) is 11.2. The van der Waals surface area contributed by atoms with Crippen LogP contribution in [0.1, 0.15) is 5.76 Å². The minimum atomic E-state index is -0.195. The van der Waals surface area contributed by atoms with Gasteiger partial charge in [0.15, 0.2) is 5.50 Å². The van der Waals surface area contributed by atoms with Crippen LogP contribution in [-0.4, -0.2) is 18.5 Å². The summed E-state index contributed by atoms with van der Waals surface area (Å²) in [6.45, 7) is 0. The predicted octanol–water partition coefficient (Wildman–Crippen LogP) is 3.44. The van der Waals surface area contributed by atoms with Gasteiger partial charge in [-0.25, -0.2) is 0 Å². The highest BCUT2D eigenvalue weighted by Gasteiger charge is 2.26. The molecular weight excluding hydrogens is 312 g/mol. The van der Waals surface area contributed by atoms with Crippen LogP contribution in [0.4, 0.5) is 5.69 Å². The van der Waals surface area contributed by atoms with Gasteiger partial charge in [0.1, 0.15) is 11.5 Å². The van der Waals surface area contributed by atoms with E-state index in [-0.39, 0.29) is 11.4 Å². The lowest BCUT2D eigenvalue weighted by atomic mass is 10.3. The second kappa shape index (κ2) is 7.11. The van der Waals surface area contributed by atoms with Crippen LogP contribution in [0.3, 0.4) is 0 Å². The van der Waals surface area contributed by atoms with E-state index in [4.69, 9.17) is 9.15 Å². The maximum Gasteiger partial charge on any atom is 0.260 e. The van der Waals surface area contributed by atoms with Crippen LogP contribution < -0.4 is 15.4 Å². The van der Waals surface area contributed by atoms with E-state index in [0.717, 1.165) is 17.2 Å². The smallest absolute Gasteiger partial charge is 0.260 e. The monoisotopic (exact) mass is 328 g/mol. The lowest BCUT2D eigenvalue weighted by Crippen LogP contribution is -2.30. The van der Waals surface area contributed by atoms with Crippen LogP contribution >= 0.6 is 11.8 Å². The molecule has 0 aliphatic carbocycles. The Labute approximate surface area is 138 Å². The Bertz CT molecular complexity index is 721. The summed E-state index contributed by atoms with van der Waals surface area (Å²) in [5.74, 6) is 1.45. The second-order valence-electron chi connectivity index (χ2n) is 4.75. The largest absolute Gasteiger partial charge is 0.497 e. The summed E-state index contributed by atoms with van der Waals surface area (Å²) in [5, 5.41) is 6.13. The fourth-order valence-electron chi connectivity index (χ4n) is 2.04. The number of hydrogen-bond donors (Lipinski definition) is 2. The maximum atomic E-state index is 12.0. The van der Waals surface area contributed by atoms with Gasteiger partial charge in [-0.3, -0.25) is 4.79 Å². The molecule has 0 spiro atoms. The van der Waals surface area contributed by atoms with Gasteiger partial charge in [0.2, 0.25) is 0 Å². The molecule has 1 atom stereocenters. The Morgan fingerprint density at radius 2 is 2.13 bits per heavy atom. The third-order valence-corrected chi connectivity index (χ3v) is 4.22. The first-order valence-corrected chi connectivity index (χ1v) is 7.92. The van der Waals surface area contributed by atoms with E-state index in [9.17, 15) is 4.79 Å². The zero-order valence-electron chi connectivity index (χ0n) is 12.5. The molecule has 1 saturated heterocycles. The molecule has 1 aromatic carbocycles. The van der Waals surface area contributed by atoms with Crippen molar-refractivity contribution in [2.45, 2.75) is 5.50 Å². The number of amides is 1. The number of nitrogens with one attached hydrogen (secondary N) is 2. The Morgan fingerprint density at radius 3 is 2.83 bits per heavy atom. The number of benzene rings is 1. The van der Waals surface area contributed by atoms with E-state index in [1.165, 1.54) is 11.8 Å². The fraction of sp³-hybridized carbons (Fsp3) is 0.118. The molecule has 1 aliphatic heterocycles. The highest BCUT2D eigenvalue weighted by atomic mass is 32.2. The van der Waals surface area contributed by atoms with Gasteiger partial charge in [-0.15, -0.1) is 0 Å². The van der Waals surface area contributed by atoms with Crippen molar-refractivity contribution in [3.8, 4) is 5.75 Å².